The van der Waals surface area contributed by atoms with Crippen molar-refractivity contribution in [3.05, 3.63) is 103 Å². The molecule has 5 nitrogen and oxygen atoms in total. The summed E-state index contributed by atoms with van der Waals surface area (Å²) in [4.78, 5) is 12.5. The molecular formula is C23H13BrCl2N2O3. The maximum absolute atomic E-state index is 12.5. The van der Waals surface area contributed by atoms with Gasteiger partial charge in [0.25, 0.3) is 0 Å². The SMILES string of the molecule is N#CC1=C(N)Oc2cc(OC(=O)c3ccc(Cl)cc3Cl)ccc2C1c1cccc(Br)c1. The highest BCUT2D eigenvalue weighted by Gasteiger charge is 2.31. The van der Waals surface area contributed by atoms with Crippen LogP contribution in [0.25, 0.3) is 0 Å². The van der Waals surface area contributed by atoms with Crippen molar-refractivity contribution in [2.24, 2.45) is 5.73 Å². The molecule has 0 bridgehead atoms. The third kappa shape index (κ3) is 4.26. The van der Waals surface area contributed by atoms with Gasteiger partial charge in [-0.2, -0.15) is 5.26 Å². The quantitative estimate of drug-likeness (QED) is 0.332. The van der Waals surface area contributed by atoms with Crippen molar-refractivity contribution in [3.63, 3.8) is 0 Å². The van der Waals surface area contributed by atoms with Crippen LogP contribution in [0.15, 0.2) is 76.6 Å². The van der Waals surface area contributed by atoms with E-state index in [1.165, 1.54) is 12.1 Å². The topological polar surface area (TPSA) is 85.3 Å². The molecule has 4 rings (SSSR count). The smallest absolute Gasteiger partial charge is 0.345 e. The van der Waals surface area contributed by atoms with E-state index in [1.807, 2.05) is 24.3 Å². The van der Waals surface area contributed by atoms with Gasteiger partial charge in [-0.1, -0.05) is 57.3 Å². The van der Waals surface area contributed by atoms with Crippen molar-refractivity contribution >= 4 is 45.1 Å². The van der Waals surface area contributed by atoms with E-state index < -0.39 is 11.9 Å². The Morgan fingerprint density at radius 1 is 1.13 bits per heavy atom. The molecule has 0 spiro atoms. The fourth-order valence-electron chi connectivity index (χ4n) is 3.35. The molecule has 3 aromatic rings. The second kappa shape index (κ2) is 8.64. The number of carbonyl (C=O) groups is 1. The Hall–Kier alpha value is -2.98. The number of benzene rings is 3. The summed E-state index contributed by atoms with van der Waals surface area (Å²) < 4.78 is 12.0. The lowest BCUT2D eigenvalue weighted by molar-refractivity contribution is 0.0734. The Kier molecular flexibility index (Phi) is 5.92. The highest BCUT2D eigenvalue weighted by Crippen LogP contribution is 2.43. The second-order valence-electron chi connectivity index (χ2n) is 6.69. The minimum atomic E-state index is -0.637. The molecule has 0 saturated carbocycles. The Bertz CT molecular complexity index is 1280. The summed E-state index contributed by atoms with van der Waals surface area (Å²) in [6.45, 7) is 0. The van der Waals surface area contributed by atoms with E-state index in [0.29, 0.717) is 16.3 Å². The monoisotopic (exact) mass is 514 g/mol. The number of ether oxygens (including phenoxy) is 2. The molecule has 1 heterocycles. The molecule has 154 valence electrons. The van der Waals surface area contributed by atoms with Crippen LogP contribution in [0.2, 0.25) is 10.0 Å². The Morgan fingerprint density at radius 2 is 1.94 bits per heavy atom. The van der Waals surface area contributed by atoms with Crippen LogP contribution in [0.5, 0.6) is 11.5 Å². The number of allylic oxidation sites excluding steroid dienone is 1. The van der Waals surface area contributed by atoms with Crippen molar-refractivity contribution in [1.82, 2.24) is 0 Å². The molecule has 1 aliphatic heterocycles. The van der Waals surface area contributed by atoms with E-state index in [1.54, 1.807) is 24.3 Å². The van der Waals surface area contributed by atoms with Gasteiger partial charge in [0.15, 0.2) is 0 Å². The zero-order chi connectivity index (χ0) is 22.1. The van der Waals surface area contributed by atoms with Gasteiger partial charge in [0.1, 0.15) is 23.1 Å². The van der Waals surface area contributed by atoms with Crippen LogP contribution < -0.4 is 15.2 Å². The minimum absolute atomic E-state index is 0.00389. The van der Waals surface area contributed by atoms with Gasteiger partial charge in [-0.25, -0.2) is 4.79 Å². The van der Waals surface area contributed by atoms with Gasteiger partial charge in [0.05, 0.1) is 16.5 Å². The van der Waals surface area contributed by atoms with E-state index in [9.17, 15) is 10.1 Å². The standard InChI is InChI=1S/C23H13BrCl2N2O3/c24-13-3-1-2-12(8-13)21-17-7-5-15(10-20(17)31-22(28)18(21)11-27)30-23(29)16-6-4-14(25)9-19(16)26/h1-10,21H,28H2. The van der Waals surface area contributed by atoms with Crippen molar-refractivity contribution in [2.45, 2.75) is 5.92 Å². The second-order valence-corrected chi connectivity index (χ2v) is 8.45. The van der Waals surface area contributed by atoms with Crippen molar-refractivity contribution < 1.29 is 14.3 Å². The zero-order valence-corrected chi connectivity index (χ0v) is 18.8. The van der Waals surface area contributed by atoms with Crippen LogP contribution >= 0.6 is 39.1 Å². The molecule has 1 aliphatic rings. The molecule has 1 unspecified atom stereocenters. The summed E-state index contributed by atoms with van der Waals surface area (Å²) in [5.41, 5.74) is 8.13. The molecular weight excluding hydrogens is 503 g/mol. The highest BCUT2D eigenvalue weighted by atomic mass is 79.9. The first-order chi connectivity index (χ1) is 14.9. The molecule has 0 radical (unpaired) electrons. The predicted octanol–water partition coefficient (Wildman–Crippen LogP) is 6.19. The lowest BCUT2D eigenvalue weighted by atomic mass is 9.83. The van der Waals surface area contributed by atoms with E-state index >= 15 is 0 Å². The normalized spacial score (nSPS) is 15.0. The number of nitrogens with two attached hydrogens (primary N) is 1. The van der Waals surface area contributed by atoms with E-state index in [2.05, 4.69) is 22.0 Å². The molecule has 0 amide bonds. The summed E-state index contributed by atoms with van der Waals surface area (Å²) in [5, 5.41) is 10.3. The maximum atomic E-state index is 12.5. The van der Waals surface area contributed by atoms with Crippen LogP contribution in [0, 0.1) is 11.3 Å². The van der Waals surface area contributed by atoms with Crippen molar-refractivity contribution in [3.8, 4) is 17.6 Å². The highest BCUT2D eigenvalue weighted by molar-refractivity contribution is 9.10. The van der Waals surface area contributed by atoms with Crippen LogP contribution in [0.3, 0.4) is 0 Å². The third-order valence-corrected chi connectivity index (χ3v) is 5.78. The van der Waals surface area contributed by atoms with Gasteiger partial charge in [-0.3, -0.25) is 0 Å². The van der Waals surface area contributed by atoms with Gasteiger partial charge < -0.3 is 15.2 Å². The van der Waals surface area contributed by atoms with Crippen molar-refractivity contribution in [1.29, 1.82) is 5.26 Å². The number of halogens is 3. The summed E-state index contributed by atoms with van der Waals surface area (Å²) in [6, 6.07) is 19.2. The Balaban J connectivity index is 1.70. The third-order valence-electron chi connectivity index (χ3n) is 4.73. The summed E-state index contributed by atoms with van der Waals surface area (Å²) in [7, 11) is 0. The van der Waals surface area contributed by atoms with Crippen LogP contribution in [0.1, 0.15) is 27.4 Å². The number of nitrogens with zero attached hydrogens (tertiary/aromatic N) is 1. The van der Waals surface area contributed by atoms with E-state index in [-0.39, 0.29) is 22.2 Å². The first-order valence-electron chi connectivity index (χ1n) is 9.01. The molecule has 0 fully saturated rings. The van der Waals surface area contributed by atoms with Gasteiger partial charge in [0.2, 0.25) is 5.88 Å². The number of rotatable bonds is 3. The molecule has 0 saturated heterocycles. The average molecular weight is 516 g/mol. The molecule has 3 aromatic carbocycles. The molecule has 31 heavy (non-hydrogen) atoms. The molecule has 2 N–H and O–H groups in total. The number of hydrogen-bond donors (Lipinski definition) is 1. The number of nitriles is 1. The molecule has 1 atom stereocenters. The lowest BCUT2D eigenvalue weighted by Crippen LogP contribution is -2.21. The summed E-state index contributed by atoms with van der Waals surface area (Å²) in [6.07, 6.45) is 0. The van der Waals surface area contributed by atoms with Gasteiger partial charge in [0, 0.05) is 21.1 Å². The molecule has 8 heteroatoms. The first-order valence-corrected chi connectivity index (χ1v) is 10.6. The van der Waals surface area contributed by atoms with Crippen LogP contribution in [-0.2, 0) is 0 Å². The van der Waals surface area contributed by atoms with Crippen LogP contribution in [0.4, 0.5) is 0 Å². The summed E-state index contributed by atoms with van der Waals surface area (Å²) >= 11 is 15.4. The largest absolute Gasteiger partial charge is 0.440 e. The van der Waals surface area contributed by atoms with Crippen LogP contribution in [-0.4, -0.2) is 5.97 Å². The van der Waals surface area contributed by atoms with Gasteiger partial charge in [-0.05, 0) is 42.0 Å². The maximum Gasteiger partial charge on any atom is 0.345 e. The minimum Gasteiger partial charge on any atom is -0.440 e. The first kappa shape index (κ1) is 21.3. The number of hydrogen-bond acceptors (Lipinski definition) is 5. The number of fused-ring (bicyclic) bond motifs is 1. The van der Waals surface area contributed by atoms with Crippen molar-refractivity contribution in [2.75, 3.05) is 0 Å². The molecule has 0 aliphatic carbocycles. The van der Waals surface area contributed by atoms with Gasteiger partial charge in [-0.15, -0.1) is 0 Å². The van der Waals surface area contributed by atoms with E-state index in [0.717, 1.165) is 15.6 Å². The summed E-state index contributed by atoms with van der Waals surface area (Å²) in [5.74, 6) is -0.405. The molecule has 0 aromatic heterocycles. The Labute approximate surface area is 196 Å². The Morgan fingerprint density at radius 3 is 2.65 bits per heavy atom. The van der Waals surface area contributed by atoms with Gasteiger partial charge >= 0.3 is 5.97 Å². The average Bonchev–Trinajstić information content (AvgIpc) is 2.72. The van der Waals surface area contributed by atoms with E-state index in [4.69, 9.17) is 38.4 Å². The number of esters is 1. The number of carbonyl (C=O) groups excluding carboxylic acids is 1. The zero-order valence-electron chi connectivity index (χ0n) is 15.7. The predicted molar refractivity (Wildman–Crippen MR) is 121 cm³/mol. The lowest BCUT2D eigenvalue weighted by Gasteiger charge is -2.26. The fraction of sp³-hybridized carbons (Fsp3) is 0.0435. The fourth-order valence-corrected chi connectivity index (χ4v) is 4.25.